The molecule has 0 unspecified atom stereocenters. The summed E-state index contributed by atoms with van der Waals surface area (Å²) < 4.78 is 59.0. The topological polar surface area (TPSA) is 63.7 Å². The van der Waals surface area contributed by atoms with Crippen molar-refractivity contribution in [2.75, 3.05) is 20.2 Å². The van der Waals surface area contributed by atoms with Gasteiger partial charge in [-0.2, -0.15) is 4.31 Å². The molecule has 27 heavy (non-hydrogen) atoms. The number of Topliss-reactive ketones (excluding diaryl/α,β-unsaturated/α-hetero) is 1. The lowest BCUT2D eigenvalue weighted by atomic mass is 9.89. The van der Waals surface area contributed by atoms with Crippen LogP contribution in [-0.2, 0) is 10.0 Å². The van der Waals surface area contributed by atoms with E-state index in [1.54, 1.807) is 24.3 Å². The molecule has 0 aromatic heterocycles. The number of carbonyl (C=O) groups is 1. The predicted octanol–water partition coefficient (Wildman–Crippen LogP) is 3.26. The number of halogens is 2. The van der Waals surface area contributed by atoms with Crippen LogP contribution in [0.15, 0.2) is 47.4 Å². The van der Waals surface area contributed by atoms with Crippen LogP contribution in [0.3, 0.4) is 0 Å². The van der Waals surface area contributed by atoms with Crippen molar-refractivity contribution < 1.29 is 26.7 Å². The second-order valence-corrected chi connectivity index (χ2v) is 8.20. The highest BCUT2D eigenvalue weighted by molar-refractivity contribution is 7.89. The monoisotopic (exact) mass is 395 g/mol. The lowest BCUT2D eigenvalue weighted by Gasteiger charge is -2.30. The molecule has 0 atom stereocenters. The summed E-state index contributed by atoms with van der Waals surface area (Å²) in [6.45, 7) is 0.0609. The summed E-state index contributed by atoms with van der Waals surface area (Å²) in [5.74, 6) is -2.01. The Balaban J connectivity index is 1.72. The van der Waals surface area contributed by atoms with E-state index < -0.39 is 26.6 Å². The molecular formula is C19H19F2NO4S. The van der Waals surface area contributed by atoms with Crippen LogP contribution in [0.1, 0.15) is 23.2 Å². The van der Waals surface area contributed by atoms with Crippen molar-refractivity contribution in [3.8, 4) is 5.75 Å². The van der Waals surface area contributed by atoms with E-state index in [1.807, 2.05) is 0 Å². The highest BCUT2D eigenvalue weighted by atomic mass is 32.2. The van der Waals surface area contributed by atoms with Crippen LogP contribution >= 0.6 is 0 Å². The minimum atomic E-state index is -4.29. The first kappa shape index (κ1) is 19.4. The first-order chi connectivity index (χ1) is 12.8. The highest BCUT2D eigenvalue weighted by Gasteiger charge is 2.35. The second kappa shape index (κ2) is 7.74. The molecule has 0 saturated carbocycles. The van der Waals surface area contributed by atoms with E-state index in [2.05, 4.69) is 0 Å². The molecule has 1 aliphatic heterocycles. The molecule has 1 heterocycles. The second-order valence-electron chi connectivity index (χ2n) is 6.32. The summed E-state index contributed by atoms with van der Waals surface area (Å²) in [6.07, 6.45) is 0.584. The molecule has 0 N–H and O–H groups in total. The first-order valence-electron chi connectivity index (χ1n) is 8.47. The lowest BCUT2D eigenvalue weighted by molar-refractivity contribution is 0.0875. The zero-order valence-electron chi connectivity index (χ0n) is 14.7. The van der Waals surface area contributed by atoms with Gasteiger partial charge in [-0.25, -0.2) is 17.2 Å². The number of ether oxygens (including phenoxy) is 1. The van der Waals surface area contributed by atoms with E-state index in [0.29, 0.717) is 24.2 Å². The van der Waals surface area contributed by atoms with Crippen LogP contribution in [0.25, 0.3) is 0 Å². The molecule has 3 rings (SSSR count). The third-order valence-corrected chi connectivity index (χ3v) is 6.67. The maximum atomic E-state index is 13.9. The summed E-state index contributed by atoms with van der Waals surface area (Å²) in [5.41, 5.74) is 0.525. The predicted molar refractivity (Wildman–Crippen MR) is 95.2 cm³/mol. The van der Waals surface area contributed by atoms with Crippen LogP contribution in [-0.4, -0.2) is 38.7 Å². The first-order valence-corrected chi connectivity index (χ1v) is 9.91. The number of carbonyl (C=O) groups excluding carboxylic acids is 1. The van der Waals surface area contributed by atoms with Gasteiger partial charge < -0.3 is 4.74 Å². The number of rotatable bonds is 5. The summed E-state index contributed by atoms with van der Waals surface area (Å²) in [4.78, 5) is 11.7. The Kier molecular flexibility index (Phi) is 5.57. The molecule has 0 amide bonds. The Bertz CT molecular complexity index is 916. The van der Waals surface area contributed by atoms with Crippen molar-refractivity contribution in [3.05, 3.63) is 59.7 Å². The Morgan fingerprint density at radius 1 is 1.04 bits per heavy atom. The molecule has 0 radical (unpaired) electrons. The number of benzene rings is 2. The van der Waals surface area contributed by atoms with Crippen LogP contribution in [0, 0.1) is 17.6 Å². The zero-order chi connectivity index (χ0) is 19.6. The maximum Gasteiger partial charge on any atom is 0.248 e. The number of nitrogens with zero attached hydrogens (tertiary/aromatic N) is 1. The van der Waals surface area contributed by atoms with E-state index in [4.69, 9.17) is 4.74 Å². The molecule has 0 spiro atoms. The maximum absolute atomic E-state index is 13.9. The van der Waals surface area contributed by atoms with Gasteiger partial charge in [0.2, 0.25) is 10.0 Å². The van der Waals surface area contributed by atoms with Gasteiger partial charge in [-0.05, 0) is 49.2 Å². The van der Waals surface area contributed by atoms with Gasteiger partial charge in [0.25, 0.3) is 0 Å². The normalized spacial score (nSPS) is 16.3. The van der Waals surface area contributed by atoms with Gasteiger partial charge in [0.15, 0.2) is 10.7 Å². The van der Waals surface area contributed by atoms with E-state index in [1.165, 1.54) is 7.11 Å². The van der Waals surface area contributed by atoms with Crippen LogP contribution in [0.2, 0.25) is 0 Å². The van der Waals surface area contributed by atoms with Crippen molar-refractivity contribution in [1.82, 2.24) is 4.31 Å². The van der Waals surface area contributed by atoms with E-state index in [-0.39, 0.29) is 24.8 Å². The summed E-state index contributed by atoms with van der Waals surface area (Å²) in [7, 11) is -2.76. The van der Waals surface area contributed by atoms with Crippen molar-refractivity contribution in [1.29, 1.82) is 0 Å². The summed E-state index contributed by atoms with van der Waals surface area (Å²) >= 11 is 0. The van der Waals surface area contributed by atoms with Crippen LogP contribution < -0.4 is 4.74 Å². The third kappa shape index (κ3) is 3.86. The van der Waals surface area contributed by atoms with Crippen molar-refractivity contribution >= 4 is 15.8 Å². The van der Waals surface area contributed by atoms with Crippen molar-refractivity contribution in [2.45, 2.75) is 17.7 Å². The summed E-state index contributed by atoms with van der Waals surface area (Å²) in [6, 6.07) is 9.65. The molecule has 1 aliphatic rings. The largest absolute Gasteiger partial charge is 0.497 e. The van der Waals surface area contributed by atoms with Gasteiger partial charge in [0.05, 0.1) is 7.11 Å². The van der Waals surface area contributed by atoms with Crippen LogP contribution in [0.5, 0.6) is 5.75 Å². The van der Waals surface area contributed by atoms with Crippen LogP contribution in [0.4, 0.5) is 8.78 Å². The van der Waals surface area contributed by atoms with Gasteiger partial charge in [-0.3, -0.25) is 4.79 Å². The van der Waals surface area contributed by atoms with Gasteiger partial charge in [0.1, 0.15) is 17.4 Å². The zero-order valence-corrected chi connectivity index (χ0v) is 15.5. The number of hydrogen-bond acceptors (Lipinski definition) is 4. The minimum absolute atomic E-state index is 0.0304. The minimum Gasteiger partial charge on any atom is -0.497 e. The fourth-order valence-electron chi connectivity index (χ4n) is 3.21. The molecule has 0 bridgehead atoms. The molecule has 1 fully saturated rings. The van der Waals surface area contributed by atoms with E-state index in [0.717, 1.165) is 22.5 Å². The molecule has 8 heteroatoms. The summed E-state index contributed by atoms with van der Waals surface area (Å²) in [5, 5.41) is 0. The molecule has 0 aliphatic carbocycles. The van der Waals surface area contributed by atoms with Crippen molar-refractivity contribution in [3.63, 3.8) is 0 Å². The van der Waals surface area contributed by atoms with Gasteiger partial charge in [0, 0.05) is 24.6 Å². The van der Waals surface area contributed by atoms with Crippen molar-refractivity contribution in [2.24, 2.45) is 5.92 Å². The molecule has 2 aromatic carbocycles. The smallest absolute Gasteiger partial charge is 0.248 e. The highest BCUT2D eigenvalue weighted by Crippen LogP contribution is 2.29. The third-order valence-electron chi connectivity index (χ3n) is 4.72. The van der Waals surface area contributed by atoms with Gasteiger partial charge >= 0.3 is 0 Å². The quantitative estimate of drug-likeness (QED) is 0.729. The SMILES string of the molecule is COc1ccc(C(=O)C2CCN(S(=O)(=O)c3c(F)cccc3F)CC2)cc1. The van der Waals surface area contributed by atoms with E-state index >= 15 is 0 Å². The van der Waals surface area contributed by atoms with E-state index in [9.17, 15) is 22.0 Å². The molecule has 2 aromatic rings. The molecule has 1 saturated heterocycles. The Labute approximate surface area is 156 Å². The number of sulfonamides is 1. The average molecular weight is 395 g/mol. The molecular weight excluding hydrogens is 376 g/mol. The molecule has 5 nitrogen and oxygen atoms in total. The number of ketones is 1. The molecule has 144 valence electrons. The Hall–Kier alpha value is -2.32. The fraction of sp³-hybridized carbons (Fsp3) is 0.316. The Morgan fingerprint density at radius 2 is 1.59 bits per heavy atom. The van der Waals surface area contributed by atoms with Gasteiger partial charge in [-0.15, -0.1) is 0 Å². The number of piperidine rings is 1. The van der Waals surface area contributed by atoms with Gasteiger partial charge in [-0.1, -0.05) is 6.07 Å². The average Bonchev–Trinajstić information content (AvgIpc) is 2.67. The standard InChI is InChI=1S/C19H19F2NO4S/c1-26-15-7-5-13(6-8-15)18(23)14-9-11-22(12-10-14)27(24,25)19-16(20)3-2-4-17(19)21/h2-8,14H,9-12H2,1H3. The fourth-order valence-corrected chi connectivity index (χ4v) is 4.79. The lowest BCUT2D eigenvalue weighted by Crippen LogP contribution is -2.40. The number of methoxy groups -OCH3 is 1. The Morgan fingerprint density at radius 3 is 2.11 bits per heavy atom. The number of hydrogen-bond donors (Lipinski definition) is 0.